The number of halogens is 1. The quantitative estimate of drug-likeness (QED) is 0.807. The summed E-state index contributed by atoms with van der Waals surface area (Å²) in [4.78, 5) is 12.0. The van der Waals surface area contributed by atoms with Gasteiger partial charge in [0.2, 0.25) is 0 Å². The van der Waals surface area contributed by atoms with Crippen LogP contribution in [0, 0.1) is 20.8 Å². The van der Waals surface area contributed by atoms with Crippen LogP contribution in [0.4, 0.5) is 0 Å². The van der Waals surface area contributed by atoms with Crippen LogP contribution in [0.5, 0.6) is 5.75 Å². The highest BCUT2D eigenvalue weighted by Gasteiger charge is 2.14. The monoisotopic (exact) mass is 335 g/mol. The normalized spacial score (nSPS) is 12.0. The van der Waals surface area contributed by atoms with Crippen LogP contribution in [0.15, 0.2) is 28.7 Å². The van der Waals surface area contributed by atoms with E-state index in [1.54, 1.807) is 12.1 Å². The molecule has 0 spiro atoms. The third kappa shape index (κ3) is 4.52. The summed E-state index contributed by atoms with van der Waals surface area (Å²) >= 11 is 5.66. The molecule has 1 atom stereocenters. The number of ether oxygens (including phenoxy) is 1. The second kappa shape index (κ2) is 7.55. The zero-order valence-corrected chi connectivity index (χ0v) is 14.7. The van der Waals surface area contributed by atoms with Crippen molar-refractivity contribution in [3.63, 3.8) is 0 Å². The van der Waals surface area contributed by atoms with E-state index in [9.17, 15) is 4.79 Å². The molecule has 0 aliphatic heterocycles. The second-order valence-electron chi connectivity index (χ2n) is 5.74. The number of alkyl halides is 1. The van der Waals surface area contributed by atoms with Crippen LogP contribution in [0.3, 0.4) is 0 Å². The molecule has 23 heavy (non-hydrogen) atoms. The molecular formula is C18H22ClNO3. The summed E-state index contributed by atoms with van der Waals surface area (Å²) in [6.45, 7) is 8.45. The third-order valence-electron chi connectivity index (χ3n) is 3.66. The number of carbonyl (C=O) groups excluding carboxylic acids is 1. The molecule has 124 valence electrons. The maximum Gasteiger partial charge on any atom is 0.287 e. The summed E-state index contributed by atoms with van der Waals surface area (Å²) in [5, 5.41) is 2.80. The number of carbonyl (C=O) groups is 1. The number of aryl methyl sites for hydroxylation is 2. The first-order valence-electron chi connectivity index (χ1n) is 7.58. The summed E-state index contributed by atoms with van der Waals surface area (Å²) in [6, 6.07) is 7.45. The lowest BCUT2D eigenvalue weighted by Crippen LogP contribution is -2.33. The highest BCUT2D eigenvalue weighted by molar-refractivity contribution is 6.16. The molecule has 0 bridgehead atoms. The van der Waals surface area contributed by atoms with Gasteiger partial charge in [0.15, 0.2) is 5.76 Å². The summed E-state index contributed by atoms with van der Waals surface area (Å²) in [5.74, 6) is 1.67. The fourth-order valence-electron chi connectivity index (χ4n) is 2.28. The van der Waals surface area contributed by atoms with Crippen LogP contribution < -0.4 is 10.1 Å². The largest absolute Gasteiger partial charge is 0.489 e. The van der Waals surface area contributed by atoms with Gasteiger partial charge in [0, 0.05) is 0 Å². The molecule has 1 aromatic heterocycles. The van der Waals surface area contributed by atoms with Crippen molar-refractivity contribution in [2.45, 2.75) is 39.7 Å². The molecular weight excluding hydrogens is 314 g/mol. The van der Waals surface area contributed by atoms with Crippen LogP contribution in [0.25, 0.3) is 0 Å². The van der Waals surface area contributed by atoms with E-state index >= 15 is 0 Å². The molecule has 0 radical (unpaired) electrons. The van der Waals surface area contributed by atoms with E-state index in [0.717, 1.165) is 16.9 Å². The van der Waals surface area contributed by atoms with Crippen LogP contribution in [-0.4, -0.2) is 18.6 Å². The molecule has 0 saturated heterocycles. The number of hydrogen-bond donors (Lipinski definition) is 1. The minimum Gasteiger partial charge on any atom is -0.489 e. The Kier molecular flexibility index (Phi) is 5.72. The molecule has 5 heteroatoms. The van der Waals surface area contributed by atoms with Crippen molar-refractivity contribution >= 4 is 17.5 Å². The maximum absolute atomic E-state index is 12.0. The molecule has 1 amide bonds. The summed E-state index contributed by atoms with van der Waals surface area (Å²) in [6.07, 6.45) is -0.152. The molecule has 0 aliphatic rings. The zero-order chi connectivity index (χ0) is 17.0. The van der Waals surface area contributed by atoms with E-state index in [4.69, 9.17) is 20.8 Å². The molecule has 4 nitrogen and oxygen atoms in total. The molecule has 0 aliphatic carbocycles. The van der Waals surface area contributed by atoms with Gasteiger partial charge in [0.1, 0.15) is 17.6 Å². The second-order valence-corrected chi connectivity index (χ2v) is 6.01. The fraction of sp³-hybridized carbons (Fsp3) is 0.389. The highest BCUT2D eigenvalue weighted by Crippen LogP contribution is 2.24. The first-order valence-corrected chi connectivity index (χ1v) is 8.11. The van der Waals surface area contributed by atoms with Gasteiger partial charge in [-0.15, -0.1) is 11.6 Å². The predicted octanol–water partition coefficient (Wildman–Crippen LogP) is 4.14. The fourth-order valence-corrected chi connectivity index (χ4v) is 2.42. The zero-order valence-electron chi connectivity index (χ0n) is 13.9. The van der Waals surface area contributed by atoms with Gasteiger partial charge >= 0.3 is 0 Å². The number of furan rings is 1. The molecule has 1 heterocycles. The molecule has 2 aromatic rings. The van der Waals surface area contributed by atoms with E-state index < -0.39 is 0 Å². The molecule has 1 N–H and O–H groups in total. The maximum atomic E-state index is 12.0. The van der Waals surface area contributed by atoms with Crippen molar-refractivity contribution < 1.29 is 13.9 Å². The van der Waals surface area contributed by atoms with Crippen molar-refractivity contribution in [1.82, 2.24) is 5.32 Å². The Bertz CT molecular complexity index is 694. The topological polar surface area (TPSA) is 51.5 Å². The minimum absolute atomic E-state index is 0.152. The van der Waals surface area contributed by atoms with Crippen molar-refractivity contribution in [2.24, 2.45) is 0 Å². The lowest BCUT2D eigenvalue weighted by molar-refractivity contribution is 0.0903. The third-order valence-corrected chi connectivity index (χ3v) is 3.92. The number of benzene rings is 1. The average Bonchev–Trinajstić information content (AvgIpc) is 2.99. The molecule has 1 unspecified atom stereocenters. The molecule has 1 aromatic carbocycles. The van der Waals surface area contributed by atoms with Crippen molar-refractivity contribution in [3.05, 3.63) is 52.5 Å². The van der Waals surface area contributed by atoms with Crippen LogP contribution in [0.2, 0.25) is 0 Å². The van der Waals surface area contributed by atoms with Crippen molar-refractivity contribution in [2.75, 3.05) is 6.54 Å². The van der Waals surface area contributed by atoms with E-state index in [0.29, 0.717) is 12.3 Å². The van der Waals surface area contributed by atoms with Gasteiger partial charge in [0.05, 0.1) is 12.4 Å². The molecule has 2 rings (SSSR count). The molecule has 0 fully saturated rings. The SMILES string of the molecule is Cc1cc(C)c(C)c(OC(C)CNC(=O)c2ccc(CCl)o2)c1. The van der Waals surface area contributed by atoms with E-state index in [1.807, 2.05) is 26.8 Å². The summed E-state index contributed by atoms with van der Waals surface area (Å²) in [5.41, 5.74) is 3.47. The lowest BCUT2D eigenvalue weighted by Gasteiger charge is -2.18. The first kappa shape index (κ1) is 17.4. The number of nitrogens with one attached hydrogen (secondary N) is 1. The van der Waals surface area contributed by atoms with Crippen LogP contribution in [-0.2, 0) is 5.88 Å². The Hall–Kier alpha value is -1.94. The first-order chi connectivity index (χ1) is 10.9. The van der Waals surface area contributed by atoms with Gasteiger partial charge < -0.3 is 14.5 Å². The van der Waals surface area contributed by atoms with E-state index in [-0.39, 0.29) is 23.7 Å². The van der Waals surface area contributed by atoms with Crippen LogP contribution in [0.1, 0.15) is 39.9 Å². The van der Waals surface area contributed by atoms with Gasteiger partial charge in [-0.25, -0.2) is 0 Å². The standard InChI is InChI=1S/C18H22ClNO3/c1-11-7-12(2)14(4)17(8-11)22-13(3)10-20-18(21)16-6-5-15(9-19)23-16/h5-8,13H,9-10H2,1-4H3,(H,20,21). The number of amides is 1. The summed E-state index contributed by atoms with van der Waals surface area (Å²) < 4.78 is 11.3. The van der Waals surface area contributed by atoms with Crippen molar-refractivity contribution in [1.29, 1.82) is 0 Å². The van der Waals surface area contributed by atoms with Gasteiger partial charge in [-0.3, -0.25) is 4.79 Å². The van der Waals surface area contributed by atoms with Crippen molar-refractivity contribution in [3.8, 4) is 5.75 Å². The highest BCUT2D eigenvalue weighted by atomic mass is 35.5. The van der Waals surface area contributed by atoms with Gasteiger partial charge in [-0.05, 0) is 62.6 Å². The smallest absolute Gasteiger partial charge is 0.287 e. The van der Waals surface area contributed by atoms with E-state index in [1.165, 1.54) is 5.56 Å². The van der Waals surface area contributed by atoms with Crippen LogP contribution >= 0.6 is 11.6 Å². The Morgan fingerprint density at radius 3 is 2.70 bits per heavy atom. The summed E-state index contributed by atoms with van der Waals surface area (Å²) in [7, 11) is 0. The van der Waals surface area contributed by atoms with Gasteiger partial charge in [-0.1, -0.05) is 6.07 Å². The van der Waals surface area contributed by atoms with Gasteiger partial charge in [-0.2, -0.15) is 0 Å². The number of rotatable bonds is 6. The lowest BCUT2D eigenvalue weighted by atomic mass is 10.1. The van der Waals surface area contributed by atoms with E-state index in [2.05, 4.69) is 18.3 Å². The molecule has 0 saturated carbocycles. The average molecular weight is 336 g/mol. The Morgan fingerprint density at radius 1 is 1.30 bits per heavy atom. The Labute approximate surface area is 141 Å². The Balaban J connectivity index is 1.92. The Morgan fingerprint density at radius 2 is 2.04 bits per heavy atom. The van der Waals surface area contributed by atoms with Gasteiger partial charge in [0.25, 0.3) is 5.91 Å². The predicted molar refractivity (Wildman–Crippen MR) is 91.3 cm³/mol. The number of hydrogen-bond acceptors (Lipinski definition) is 3. The minimum atomic E-state index is -0.269.